The van der Waals surface area contributed by atoms with E-state index in [9.17, 15) is 4.79 Å². The Bertz CT molecular complexity index is 646. The second kappa shape index (κ2) is 7.25. The van der Waals surface area contributed by atoms with Gasteiger partial charge in [0.15, 0.2) is 5.69 Å². The molecule has 4 heterocycles. The average Bonchev–Trinajstić information content (AvgIpc) is 3.15. The van der Waals surface area contributed by atoms with Gasteiger partial charge < -0.3 is 9.80 Å². The number of carbonyl (C=O) groups is 1. The highest BCUT2D eigenvalue weighted by Crippen LogP contribution is 2.38. The van der Waals surface area contributed by atoms with Crippen molar-refractivity contribution in [1.29, 1.82) is 0 Å². The maximum atomic E-state index is 12.9. The number of amides is 1. The van der Waals surface area contributed by atoms with Crippen LogP contribution in [-0.4, -0.2) is 76.2 Å². The monoisotopic (exact) mass is 367 g/mol. The third-order valence-corrected chi connectivity index (χ3v) is 6.26. The Labute approximate surface area is 155 Å². The van der Waals surface area contributed by atoms with Crippen LogP contribution in [0.3, 0.4) is 0 Å². The van der Waals surface area contributed by atoms with Crippen molar-refractivity contribution in [2.45, 2.75) is 51.7 Å². The molecular weight excluding hydrogens is 338 g/mol. The summed E-state index contributed by atoms with van der Waals surface area (Å²) in [4.78, 5) is 19.5. The summed E-state index contributed by atoms with van der Waals surface area (Å²) in [6.45, 7) is 9.37. The Morgan fingerprint density at radius 3 is 2.44 bits per heavy atom. The third-order valence-electron chi connectivity index (χ3n) is 5.87. The van der Waals surface area contributed by atoms with E-state index < -0.39 is 0 Å². The van der Waals surface area contributed by atoms with Crippen molar-refractivity contribution in [3.8, 4) is 0 Å². The molecule has 1 unspecified atom stereocenters. The summed E-state index contributed by atoms with van der Waals surface area (Å²) in [5.41, 5.74) is 1.62. The number of aryl methyl sites for hydroxylation is 1. The zero-order chi connectivity index (χ0) is 18.2. The minimum absolute atomic E-state index is 0.00426. The van der Waals surface area contributed by atoms with Crippen molar-refractivity contribution in [3.63, 3.8) is 0 Å². The highest BCUT2D eigenvalue weighted by molar-refractivity contribution is 6.34. The van der Waals surface area contributed by atoms with Gasteiger partial charge >= 0.3 is 0 Å². The highest BCUT2D eigenvalue weighted by atomic mass is 35.5. The lowest BCUT2D eigenvalue weighted by molar-refractivity contribution is 0.0190. The molecule has 3 aliphatic heterocycles. The zero-order valence-corrected chi connectivity index (χ0v) is 16.6. The lowest BCUT2D eigenvalue weighted by Gasteiger charge is -2.48. The van der Waals surface area contributed by atoms with E-state index in [1.807, 2.05) is 23.4 Å². The molecule has 0 aliphatic carbocycles. The second-order valence-electron chi connectivity index (χ2n) is 7.30. The van der Waals surface area contributed by atoms with Gasteiger partial charge in [0.25, 0.3) is 5.91 Å². The first kappa shape index (κ1) is 18.7. The minimum atomic E-state index is -0.00426. The van der Waals surface area contributed by atoms with Gasteiger partial charge in [0, 0.05) is 44.8 Å². The van der Waals surface area contributed by atoms with E-state index in [0.717, 1.165) is 57.8 Å². The number of fused-ring (bicyclic) bond motifs is 1. The Balaban J connectivity index is 0.000000880. The summed E-state index contributed by atoms with van der Waals surface area (Å²) in [6, 6.07) is 0. The van der Waals surface area contributed by atoms with E-state index in [-0.39, 0.29) is 11.4 Å². The van der Waals surface area contributed by atoms with E-state index in [1.165, 1.54) is 6.42 Å². The maximum absolute atomic E-state index is 12.9. The van der Waals surface area contributed by atoms with Crippen LogP contribution in [0, 0.1) is 0 Å². The van der Waals surface area contributed by atoms with Gasteiger partial charge in [0.1, 0.15) is 0 Å². The van der Waals surface area contributed by atoms with E-state index in [1.54, 1.807) is 0 Å². The van der Waals surface area contributed by atoms with Crippen molar-refractivity contribution in [3.05, 3.63) is 16.4 Å². The molecule has 7 heteroatoms. The lowest BCUT2D eigenvalue weighted by Crippen LogP contribution is -2.59. The van der Waals surface area contributed by atoms with Gasteiger partial charge in [-0.05, 0) is 33.4 Å². The quantitative estimate of drug-likeness (QED) is 0.764. The molecule has 1 atom stereocenters. The van der Waals surface area contributed by atoms with Crippen LogP contribution in [0.2, 0.25) is 5.02 Å². The number of likely N-dealkylation sites (tertiary alicyclic amines) is 2. The van der Waals surface area contributed by atoms with Crippen LogP contribution in [0.4, 0.5) is 0 Å². The molecule has 2 saturated heterocycles. The number of hydrogen-bond donors (Lipinski definition) is 0. The first-order valence-electron chi connectivity index (χ1n) is 9.44. The smallest absolute Gasteiger partial charge is 0.275 e. The fourth-order valence-electron chi connectivity index (χ4n) is 4.12. The molecule has 2 fully saturated rings. The molecule has 1 aromatic rings. The summed E-state index contributed by atoms with van der Waals surface area (Å²) in [5.74, 6) is -0.00426. The maximum Gasteiger partial charge on any atom is 0.275 e. The summed E-state index contributed by atoms with van der Waals surface area (Å²) >= 11 is 6.53. The van der Waals surface area contributed by atoms with Crippen LogP contribution in [0.1, 0.15) is 49.3 Å². The number of aromatic nitrogens is 2. The first-order chi connectivity index (χ1) is 12.0. The van der Waals surface area contributed by atoms with Crippen LogP contribution in [-0.2, 0) is 13.1 Å². The minimum Gasteiger partial charge on any atom is -0.335 e. The predicted molar refractivity (Wildman–Crippen MR) is 100 cm³/mol. The number of likely N-dealkylation sites (N-methyl/N-ethyl adjacent to an activating group) is 1. The van der Waals surface area contributed by atoms with Crippen LogP contribution in [0.15, 0.2) is 0 Å². The fourth-order valence-corrected chi connectivity index (χ4v) is 4.40. The van der Waals surface area contributed by atoms with E-state index >= 15 is 0 Å². The highest BCUT2D eigenvalue weighted by Gasteiger charge is 2.48. The number of halogens is 1. The molecule has 1 amide bonds. The summed E-state index contributed by atoms with van der Waals surface area (Å²) < 4.78 is 1.93. The zero-order valence-electron chi connectivity index (χ0n) is 15.9. The van der Waals surface area contributed by atoms with Gasteiger partial charge in [-0.1, -0.05) is 25.4 Å². The average molecular weight is 368 g/mol. The summed E-state index contributed by atoms with van der Waals surface area (Å²) in [7, 11) is 4.23. The molecule has 0 N–H and O–H groups in total. The van der Waals surface area contributed by atoms with Crippen LogP contribution >= 0.6 is 11.6 Å². The molecule has 4 rings (SSSR count). The molecule has 140 valence electrons. The normalized spacial score (nSPS) is 26.7. The molecule has 0 saturated carbocycles. The summed E-state index contributed by atoms with van der Waals surface area (Å²) in [6.07, 6.45) is 3.28. The number of hydrogen-bond acceptors (Lipinski definition) is 4. The van der Waals surface area contributed by atoms with Crippen molar-refractivity contribution < 1.29 is 4.79 Å². The standard InChI is InChI=1S/C16H24ClN5O.C2H6/c1-19-6-3-7-22-12(10-19)13(17)14(18-22)15(23)21-9-5-16(11-21)4-8-20(16)2;1-2/h3-11H2,1-2H3;1-2H3. The van der Waals surface area contributed by atoms with Gasteiger partial charge in [-0.25, -0.2) is 0 Å². The predicted octanol–water partition coefficient (Wildman–Crippen LogP) is 2.32. The van der Waals surface area contributed by atoms with E-state index in [4.69, 9.17) is 11.6 Å². The molecule has 0 radical (unpaired) electrons. The molecule has 3 aliphatic rings. The molecule has 1 spiro atoms. The Morgan fingerprint density at radius 1 is 1.12 bits per heavy atom. The number of carbonyl (C=O) groups excluding carboxylic acids is 1. The van der Waals surface area contributed by atoms with E-state index in [0.29, 0.717) is 10.7 Å². The summed E-state index contributed by atoms with van der Waals surface area (Å²) in [5, 5.41) is 5.10. The molecule has 1 aromatic heterocycles. The number of rotatable bonds is 1. The van der Waals surface area contributed by atoms with Crippen LogP contribution in [0.25, 0.3) is 0 Å². The van der Waals surface area contributed by atoms with E-state index in [2.05, 4.69) is 29.0 Å². The van der Waals surface area contributed by atoms with Gasteiger partial charge in [-0.3, -0.25) is 14.4 Å². The van der Waals surface area contributed by atoms with Crippen LogP contribution < -0.4 is 0 Å². The SMILES string of the molecule is CC.CN1CCCn2nc(C(=O)N3CCC4(CCN4C)C3)c(Cl)c2C1. The third kappa shape index (κ3) is 3.20. The largest absolute Gasteiger partial charge is 0.335 e. The molecular formula is C18H30ClN5O. The Hall–Kier alpha value is -1.11. The fraction of sp³-hybridized carbons (Fsp3) is 0.778. The van der Waals surface area contributed by atoms with Crippen molar-refractivity contribution in [2.75, 3.05) is 40.3 Å². The van der Waals surface area contributed by atoms with Crippen molar-refractivity contribution in [1.82, 2.24) is 24.5 Å². The van der Waals surface area contributed by atoms with Gasteiger partial charge in [-0.15, -0.1) is 0 Å². The first-order valence-corrected chi connectivity index (χ1v) is 9.82. The second-order valence-corrected chi connectivity index (χ2v) is 7.67. The van der Waals surface area contributed by atoms with Crippen LogP contribution in [0.5, 0.6) is 0 Å². The van der Waals surface area contributed by atoms with Gasteiger partial charge in [0.05, 0.1) is 10.7 Å². The Kier molecular flexibility index (Phi) is 5.42. The number of nitrogens with zero attached hydrogens (tertiary/aromatic N) is 5. The lowest BCUT2D eigenvalue weighted by atomic mass is 9.85. The molecule has 25 heavy (non-hydrogen) atoms. The Morgan fingerprint density at radius 2 is 1.84 bits per heavy atom. The molecule has 0 aromatic carbocycles. The van der Waals surface area contributed by atoms with Gasteiger partial charge in [-0.2, -0.15) is 5.10 Å². The topological polar surface area (TPSA) is 44.6 Å². The van der Waals surface area contributed by atoms with Crippen molar-refractivity contribution >= 4 is 17.5 Å². The molecule has 6 nitrogen and oxygen atoms in total. The van der Waals surface area contributed by atoms with Crippen molar-refractivity contribution in [2.24, 2.45) is 0 Å². The van der Waals surface area contributed by atoms with Gasteiger partial charge in [0.2, 0.25) is 0 Å². The molecule has 0 bridgehead atoms.